The van der Waals surface area contributed by atoms with Crippen molar-refractivity contribution in [1.29, 1.82) is 0 Å². The maximum atomic E-state index is 10.4. The van der Waals surface area contributed by atoms with Crippen molar-refractivity contribution in [2.75, 3.05) is 0 Å². The van der Waals surface area contributed by atoms with E-state index in [2.05, 4.69) is 20.1 Å². The molecule has 4 heteroatoms. The molecule has 1 unspecified atom stereocenters. The summed E-state index contributed by atoms with van der Waals surface area (Å²) in [5.74, 6) is 1.44. The molecule has 92 valence electrons. The summed E-state index contributed by atoms with van der Waals surface area (Å²) in [5, 5.41) is 10.6. The molecule has 1 aliphatic carbocycles. The van der Waals surface area contributed by atoms with E-state index in [-0.39, 0.29) is 5.25 Å². The van der Waals surface area contributed by atoms with Crippen molar-refractivity contribution in [3.8, 4) is 0 Å². The summed E-state index contributed by atoms with van der Waals surface area (Å²) in [6.45, 7) is 11.8. The summed E-state index contributed by atoms with van der Waals surface area (Å²) >= 11 is 7.10. The van der Waals surface area contributed by atoms with Crippen LogP contribution in [-0.4, -0.2) is 16.0 Å². The summed E-state index contributed by atoms with van der Waals surface area (Å²) in [7, 11) is 0. The first-order chi connectivity index (χ1) is 7.36. The molecular weight excluding hydrogens is 255 g/mol. The summed E-state index contributed by atoms with van der Waals surface area (Å²) in [5.41, 5.74) is 0.659. The second-order valence-corrected chi connectivity index (χ2v) is 10.8. The monoisotopic (exact) mass is 276 g/mol. The Morgan fingerprint density at radius 1 is 1.69 bits per heavy atom. The minimum Gasteiger partial charge on any atom is -0.389 e. The summed E-state index contributed by atoms with van der Waals surface area (Å²) in [6.07, 6.45) is 2.91. The van der Waals surface area contributed by atoms with E-state index in [1.807, 2.05) is 12.7 Å². The van der Waals surface area contributed by atoms with Gasteiger partial charge in [-0.3, -0.25) is 0 Å². The fourth-order valence-electron chi connectivity index (χ4n) is 2.07. The van der Waals surface area contributed by atoms with Crippen LogP contribution in [0, 0.1) is 5.92 Å². The molecule has 1 N–H and O–H groups in total. The van der Waals surface area contributed by atoms with E-state index in [0.717, 1.165) is 19.3 Å². The summed E-state index contributed by atoms with van der Waals surface area (Å²) < 4.78 is 0. The third kappa shape index (κ3) is 3.73. The molecule has 0 spiro atoms. The van der Waals surface area contributed by atoms with Crippen LogP contribution in [0.2, 0.25) is 0 Å². The van der Waals surface area contributed by atoms with Crippen LogP contribution in [0.1, 0.15) is 33.1 Å². The average Bonchev–Trinajstić information content (AvgIpc) is 2.20. The van der Waals surface area contributed by atoms with E-state index in [1.165, 1.54) is 5.57 Å². The summed E-state index contributed by atoms with van der Waals surface area (Å²) in [6, 6.07) is 0. The molecule has 0 aromatic heterocycles. The van der Waals surface area contributed by atoms with Crippen LogP contribution in [0.25, 0.3) is 0 Å². The van der Waals surface area contributed by atoms with E-state index in [0.29, 0.717) is 5.92 Å². The van der Waals surface area contributed by atoms with Gasteiger partial charge in [-0.2, -0.15) is 0 Å². The van der Waals surface area contributed by atoms with Crippen molar-refractivity contribution in [3.63, 3.8) is 0 Å². The molecule has 0 saturated heterocycles. The topological polar surface area (TPSA) is 20.2 Å². The highest BCUT2D eigenvalue weighted by atomic mass is 32.9. The summed E-state index contributed by atoms with van der Waals surface area (Å²) in [4.78, 5) is 0. The Labute approximate surface area is 109 Å². The van der Waals surface area contributed by atoms with Crippen LogP contribution in [-0.2, 0) is 11.8 Å². The zero-order valence-electron chi connectivity index (χ0n) is 10.0. The molecule has 0 radical (unpaired) electrons. The first kappa shape index (κ1) is 14.5. The van der Waals surface area contributed by atoms with Gasteiger partial charge in [-0.1, -0.05) is 36.4 Å². The van der Waals surface area contributed by atoms with Crippen LogP contribution in [0.3, 0.4) is 0 Å². The lowest BCUT2D eigenvalue weighted by atomic mass is 9.77. The van der Waals surface area contributed by atoms with Crippen molar-refractivity contribution >= 4 is 29.1 Å². The first-order valence-corrected chi connectivity index (χ1v) is 9.89. The molecule has 1 saturated carbocycles. The third-order valence-corrected chi connectivity index (χ3v) is 8.28. The highest BCUT2D eigenvalue weighted by Crippen LogP contribution is 2.51. The van der Waals surface area contributed by atoms with Crippen LogP contribution in [0.5, 0.6) is 0 Å². The molecule has 0 amide bonds. The van der Waals surface area contributed by atoms with Crippen molar-refractivity contribution in [3.05, 3.63) is 24.5 Å². The minimum atomic E-state index is -0.972. The van der Waals surface area contributed by atoms with Crippen LogP contribution < -0.4 is 0 Å². The molecule has 0 heterocycles. The Kier molecular flexibility index (Phi) is 5.31. The standard InChI is InChI=1S/C12H21OPS2/c1-5-14(15)16-11-8-10(9(2)3)6-7-12(11,4)13/h5,10-11,13-14H,1-2,6-8H2,3-4H3/t10-,11+,12+/m0/s1. The maximum absolute atomic E-state index is 10.4. The van der Waals surface area contributed by atoms with Gasteiger partial charge in [-0.15, -0.1) is 11.4 Å². The number of aliphatic hydroxyl groups is 1. The van der Waals surface area contributed by atoms with Crippen molar-refractivity contribution in [2.24, 2.45) is 5.92 Å². The van der Waals surface area contributed by atoms with Gasteiger partial charge in [-0.05, 0) is 39.0 Å². The molecule has 0 aliphatic heterocycles. The van der Waals surface area contributed by atoms with Gasteiger partial charge in [0.25, 0.3) is 0 Å². The van der Waals surface area contributed by atoms with Crippen molar-refractivity contribution in [2.45, 2.75) is 44.0 Å². The highest BCUT2D eigenvalue weighted by Gasteiger charge is 2.39. The molecule has 0 aromatic rings. The molecule has 16 heavy (non-hydrogen) atoms. The van der Waals surface area contributed by atoms with Crippen LogP contribution in [0.15, 0.2) is 24.5 Å². The number of hydrogen-bond donors (Lipinski definition) is 1. The Balaban J connectivity index is 2.72. The minimum absolute atomic E-state index is 0.243. The van der Waals surface area contributed by atoms with Crippen LogP contribution in [0.4, 0.5) is 0 Å². The Bertz CT molecular complexity index is 312. The number of rotatable bonds is 4. The SMILES string of the molecule is C=C[PH](=S)S[C@@H]1C[C@@H](C(=C)C)CC[C@@]1(C)O. The largest absolute Gasteiger partial charge is 0.389 e. The van der Waals surface area contributed by atoms with Gasteiger partial charge in [0.05, 0.1) is 5.60 Å². The number of hydrogen-bond acceptors (Lipinski definition) is 3. The molecule has 4 atom stereocenters. The molecular formula is C12H21OPS2. The van der Waals surface area contributed by atoms with Crippen molar-refractivity contribution < 1.29 is 5.11 Å². The first-order valence-electron chi connectivity index (χ1n) is 5.57. The Morgan fingerprint density at radius 2 is 2.31 bits per heavy atom. The van der Waals surface area contributed by atoms with E-state index in [9.17, 15) is 5.11 Å². The predicted molar refractivity (Wildman–Crippen MR) is 80.0 cm³/mol. The third-order valence-electron chi connectivity index (χ3n) is 3.31. The molecule has 1 nitrogen and oxygen atoms in total. The van der Waals surface area contributed by atoms with Gasteiger partial charge in [0, 0.05) is 11.1 Å². The second-order valence-electron chi connectivity index (χ2n) is 4.80. The smallest absolute Gasteiger partial charge is 0.0741 e. The van der Waals surface area contributed by atoms with Gasteiger partial charge < -0.3 is 5.11 Å². The van der Waals surface area contributed by atoms with Gasteiger partial charge >= 0.3 is 0 Å². The van der Waals surface area contributed by atoms with Gasteiger partial charge in [0.2, 0.25) is 0 Å². The van der Waals surface area contributed by atoms with Gasteiger partial charge in [-0.25, -0.2) is 0 Å². The van der Waals surface area contributed by atoms with Gasteiger partial charge in [0.1, 0.15) is 0 Å². The van der Waals surface area contributed by atoms with E-state index in [1.54, 1.807) is 11.4 Å². The average molecular weight is 276 g/mol. The maximum Gasteiger partial charge on any atom is 0.0741 e. The lowest BCUT2D eigenvalue weighted by molar-refractivity contribution is 0.0198. The quantitative estimate of drug-likeness (QED) is 0.620. The molecule has 1 aliphatic rings. The zero-order chi connectivity index (χ0) is 12.3. The molecule has 1 fully saturated rings. The predicted octanol–water partition coefficient (Wildman–Crippen LogP) is 3.95. The molecule has 1 rings (SSSR count). The fourth-order valence-corrected chi connectivity index (χ4v) is 6.37. The van der Waals surface area contributed by atoms with E-state index in [4.69, 9.17) is 11.8 Å². The lowest BCUT2D eigenvalue weighted by Crippen LogP contribution is -2.42. The highest BCUT2D eigenvalue weighted by molar-refractivity contribution is 8.65. The number of allylic oxidation sites excluding steroid dienone is 1. The zero-order valence-corrected chi connectivity index (χ0v) is 12.7. The Morgan fingerprint density at radius 3 is 2.81 bits per heavy atom. The fraction of sp³-hybridized carbons (Fsp3) is 0.667. The normalized spacial score (nSPS) is 36.7. The Hall–Kier alpha value is 0.440. The van der Waals surface area contributed by atoms with E-state index < -0.39 is 11.5 Å². The van der Waals surface area contributed by atoms with Gasteiger partial charge in [0.15, 0.2) is 0 Å². The van der Waals surface area contributed by atoms with Crippen LogP contribution >= 0.6 is 17.3 Å². The second kappa shape index (κ2) is 5.86. The molecule has 0 aromatic carbocycles. The van der Waals surface area contributed by atoms with E-state index >= 15 is 0 Å². The molecule has 0 bridgehead atoms. The van der Waals surface area contributed by atoms with Crippen molar-refractivity contribution in [1.82, 2.24) is 0 Å². The lowest BCUT2D eigenvalue weighted by Gasteiger charge is -2.40.